The maximum Gasteiger partial charge on any atom is 0.267 e. The van der Waals surface area contributed by atoms with Gasteiger partial charge in [-0.25, -0.2) is 4.99 Å². The summed E-state index contributed by atoms with van der Waals surface area (Å²) in [6.07, 6.45) is 3.25. The van der Waals surface area contributed by atoms with Crippen molar-refractivity contribution in [1.29, 1.82) is 0 Å². The molecule has 1 aliphatic heterocycles. The van der Waals surface area contributed by atoms with E-state index in [9.17, 15) is 15.0 Å². The highest BCUT2D eigenvalue weighted by Crippen LogP contribution is 2.37. The van der Waals surface area contributed by atoms with Gasteiger partial charge in [0.25, 0.3) is 5.91 Å². The van der Waals surface area contributed by atoms with E-state index >= 15 is 0 Å². The predicted molar refractivity (Wildman–Crippen MR) is 106 cm³/mol. The van der Waals surface area contributed by atoms with Gasteiger partial charge < -0.3 is 10.2 Å². The van der Waals surface area contributed by atoms with Crippen molar-refractivity contribution in [2.45, 2.75) is 6.92 Å². The number of amidine groups is 1. The summed E-state index contributed by atoms with van der Waals surface area (Å²) in [7, 11) is 0. The number of aliphatic imine (C=N–C) groups is 1. The van der Waals surface area contributed by atoms with E-state index in [2.05, 4.69) is 11.6 Å². The van der Waals surface area contributed by atoms with E-state index in [0.717, 1.165) is 5.56 Å². The van der Waals surface area contributed by atoms with Gasteiger partial charge in [0, 0.05) is 12.1 Å². The van der Waals surface area contributed by atoms with Crippen molar-refractivity contribution in [1.82, 2.24) is 4.90 Å². The monoisotopic (exact) mass is 366 g/mol. The first-order chi connectivity index (χ1) is 12.5. The molecule has 0 spiro atoms. The van der Waals surface area contributed by atoms with Gasteiger partial charge in [-0.1, -0.05) is 30.3 Å². The van der Waals surface area contributed by atoms with Gasteiger partial charge in [-0.2, -0.15) is 0 Å². The molecule has 1 saturated heterocycles. The molecule has 5 nitrogen and oxygen atoms in total. The second kappa shape index (κ2) is 7.49. The first-order valence-electron chi connectivity index (χ1n) is 7.98. The van der Waals surface area contributed by atoms with E-state index in [1.54, 1.807) is 48.6 Å². The summed E-state index contributed by atoms with van der Waals surface area (Å²) in [4.78, 5) is 19.1. The minimum Gasteiger partial charge on any atom is -0.507 e. The summed E-state index contributed by atoms with van der Waals surface area (Å²) in [6, 6.07) is 12.0. The molecule has 1 amide bonds. The van der Waals surface area contributed by atoms with Gasteiger partial charge in [0.05, 0.1) is 4.91 Å². The van der Waals surface area contributed by atoms with Gasteiger partial charge in [0.1, 0.15) is 17.2 Å². The van der Waals surface area contributed by atoms with Crippen LogP contribution in [-0.2, 0) is 4.79 Å². The van der Waals surface area contributed by atoms with Gasteiger partial charge in [0.15, 0.2) is 5.17 Å². The highest BCUT2D eigenvalue weighted by molar-refractivity contribution is 8.18. The Hall–Kier alpha value is -2.99. The first kappa shape index (κ1) is 17.8. The zero-order chi connectivity index (χ0) is 18.7. The van der Waals surface area contributed by atoms with Crippen molar-refractivity contribution in [2.75, 3.05) is 6.54 Å². The highest BCUT2D eigenvalue weighted by atomic mass is 32.2. The number of nitrogens with zero attached hydrogens (tertiary/aromatic N) is 2. The van der Waals surface area contributed by atoms with Crippen molar-refractivity contribution >= 4 is 34.6 Å². The fourth-order valence-electron chi connectivity index (χ4n) is 2.46. The van der Waals surface area contributed by atoms with Crippen LogP contribution in [0.5, 0.6) is 11.5 Å². The first-order valence-corrected chi connectivity index (χ1v) is 8.80. The van der Waals surface area contributed by atoms with Gasteiger partial charge in [0.2, 0.25) is 0 Å². The molecule has 0 aliphatic carbocycles. The topological polar surface area (TPSA) is 73.1 Å². The van der Waals surface area contributed by atoms with Crippen LogP contribution in [0.3, 0.4) is 0 Å². The van der Waals surface area contributed by atoms with Crippen molar-refractivity contribution in [3.63, 3.8) is 0 Å². The van der Waals surface area contributed by atoms with Crippen LogP contribution in [0.4, 0.5) is 5.69 Å². The second-order valence-corrected chi connectivity index (χ2v) is 6.77. The van der Waals surface area contributed by atoms with E-state index in [-0.39, 0.29) is 17.4 Å². The predicted octanol–water partition coefficient (Wildman–Crippen LogP) is 4.20. The number of amides is 1. The number of para-hydroxylation sites is 1. The molecule has 1 aliphatic rings. The molecule has 132 valence electrons. The average molecular weight is 366 g/mol. The lowest BCUT2D eigenvalue weighted by molar-refractivity contribution is -0.121. The van der Waals surface area contributed by atoms with Crippen LogP contribution in [0.25, 0.3) is 6.08 Å². The number of carbonyl (C=O) groups excluding carboxylic acids is 1. The van der Waals surface area contributed by atoms with Crippen molar-refractivity contribution < 1.29 is 15.0 Å². The third-order valence-electron chi connectivity index (χ3n) is 3.77. The Labute approximate surface area is 156 Å². The standard InChI is InChI=1S/C20H18N2O3S/c1-3-10-22-19(25)18(12-14-6-4-5-7-16(14)23)26-20(22)21-15-9-8-13(2)11-17(15)24/h3-9,11-12,23-24H,1,10H2,2H3/b18-12-,21-20?. The number of thioether (sulfide) groups is 1. The fraction of sp³-hybridized carbons (Fsp3) is 0.100. The summed E-state index contributed by atoms with van der Waals surface area (Å²) in [6.45, 7) is 5.86. The smallest absolute Gasteiger partial charge is 0.267 e. The lowest BCUT2D eigenvalue weighted by Crippen LogP contribution is -2.29. The molecule has 0 bridgehead atoms. The van der Waals surface area contributed by atoms with Crippen LogP contribution < -0.4 is 0 Å². The summed E-state index contributed by atoms with van der Waals surface area (Å²) in [5.41, 5.74) is 1.87. The summed E-state index contributed by atoms with van der Waals surface area (Å²) in [5.74, 6) is -0.0593. The molecule has 2 N–H and O–H groups in total. The Morgan fingerprint density at radius 1 is 1.19 bits per heavy atom. The zero-order valence-corrected chi connectivity index (χ0v) is 15.0. The Kier molecular flexibility index (Phi) is 5.14. The van der Waals surface area contributed by atoms with Crippen molar-refractivity contribution in [2.24, 2.45) is 4.99 Å². The van der Waals surface area contributed by atoms with Gasteiger partial charge >= 0.3 is 0 Å². The number of aromatic hydroxyl groups is 2. The van der Waals surface area contributed by atoms with Crippen molar-refractivity contribution in [3.8, 4) is 11.5 Å². The normalized spacial score (nSPS) is 17.3. The molecule has 0 unspecified atom stereocenters. The Bertz CT molecular complexity index is 934. The lowest BCUT2D eigenvalue weighted by atomic mass is 10.2. The number of phenolic OH excluding ortho intramolecular Hbond substituents is 2. The Morgan fingerprint density at radius 3 is 2.65 bits per heavy atom. The molecule has 1 heterocycles. The second-order valence-electron chi connectivity index (χ2n) is 5.76. The van der Waals surface area contributed by atoms with Crippen LogP contribution in [0.2, 0.25) is 0 Å². The van der Waals surface area contributed by atoms with Crippen LogP contribution in [0.15, 0.2) is 65.0 Å². The minimum absolute atomic E-state index is 0.0576. The maximum absolute atomic E-state index is 12.7. The molecule has 1 fully saturated rings. The molecule has 2 aromatic rings. The largest absolute Gasteiger partial charge is 0.507 e. The highest BCUT2D eigenvalue weighted by Gasteiger charge is 2.33. The lowest BCUT2D eigenvalue weighted by Gasteiger charge is -2.13. The fourth-order valence-corrected chi connectivity index (χ4v) is 3.46. The number of carbonyl (C=O) groups is 1. The molecule has 0 atom stereocenters. The van der Waals surface area contributed by atoms with Crippen LogP contribution in [0.1, 0.15) is 11.1 Å². The van der Waals surface area contributed by atoms with Crippen LogP contribution in [-0.4, -0.2) is 32.7 Å². The quantitative estimate of drug-likeness (QED) is 0.628. The number of rotatable bonds is 4. The van der Waals surface area contributed by atoms with Crippen molar-refractivity contribution in [3.05, 3.63) is 71.2 Å². The summed E-state index contributed by atoms with van der Waals surface area (Å²) < 4.78 is 0. The molecule has 2 aromatic carbocycles. The molecule has 3 rings (SSSR count). The maximum atomic E-state index is 12.7. The van der Waals surface area contributed by atoms with Crippen LogP contribution in [0, 0.1) is 6.92 Å². The van der Waals surface area contributed by atoms with E-state index in [1.807, 2.05) is 13.0 Å². The van der Waals surface area contributed by atoms with E-state index in [0.29, 0.717) is 27.9 Å². The third-order valence-corrected chi connectivity index (χ3v) is 4.78. The molecule has 0 aromatic heterocycles. The van der Waals surface area contributed by atoms with Gasteiger partial charge in [-0.05, 0) is 48.5 Å². The van der Waals surface area contributed by atoms with Gasteiger partial charge in [-0.3, -0.25) is 9.69 Å². The summed E-state index contributed by atoms with van der Waals surface area (Å²) >= 11 is 1.20. The SMILES string of the molecule is C=CCN1C(=O)/C(=C/c2ccccc2O)SC1=Nc1ccc(C)cc1O. The van der Waals surface area contributed by atoms with E-state index in [1.165, 1.54) is 16.7 Å². The number of phenols is 2. The number of aryl methyl sites for hydroxylation is 1. The van der Waals surface area contributed by atoms with E-state index in [4.69, 9.17) is 0 Å². The molecule has 26 heavy (non-hydrogen) atoms. The average Bonchev–Trinajstić information content (AvgIpc) is 2.89. The Balaban J connectivity index is 2.00. The molecular formula is C20H18N2O3S. The zero-order valence-electron chi connectivity index (χ0n) is 14.2. The molecule has 6 heteroatoms. The van der Waals surface area contributed by atoms with E-state index < -0.39 is 0 Å². The number of hydrogen-bond acceptors (Lipinski definition) is 5. The molecular weight excluding hydrogens is 348 g/mol. The minimum atomic E-state index is -0.219. The van der Waals surface area contributed by atoms with Gasteiger partial charge in [-0.15, -0.1) is 6.58 Å². The number of hydrogen-bond donors (Lipinski definition) is 2. The summed E-state index contributed by atoms with van der Waals surface area (Å²) in [5, 5.41) is 20.5. The molecule has 0 saturated carbocycles. The Morgan fingerprint density at radius 2 is 1.96 bits per heavy atom. The molecule has 0 radical (unpaired) electrons. The third kappa shape index (κ3) is 3.65. The number of benzene rings is 2. The van der Waals surface area contributed by atoms with Crippen LogP contribution >= 0.6 is 11.8 Å².